The van der Waals surface area contributed by atoms with Gasteiger partial charge >= 0.3 is 28.4 Å². The van der Waals surface area contributed by atoms with Gasteiger partial charge in [0.05, 0.1) is 0 Å². The van der Waals surface area contributed by atoms with E-state index in [1.54, 1.807) is 0 Å². The summed E-state index contributed by atoms with van der Waals surface area (Å²) in [5, 5.41) is 4.98. The van der Waals surface area contributed by atoms with E-state index in [9.17, 15) is 0 Å². The van der Waals surface area contributed by atoms with Gasteiger partial charge < -0.3 is 4.98 Å². The van der Waals surface area contributed by atoms with Crippen molar-refractivity contribution in [1.29, 1.82) is 0 Å². The van der Waals surface area contributed by atoms with Crippen molar-refractivity contribution in [3.63, 3.8) is 0 Å². The number of hydrogen-bond donors (Lipinski definition) is 0. The fourth-order valence-electron chi connectivity index (χ4n) is 6.53. The van der Waals surface area contributed by atoms with Crippen LogP contribution in [0, 0.1) is 34.6 Å². The third-order valence-electron chi connectivity index (χ3n) is 8.39. The van der Waals surface area contributed by atoms with Crippen LogP contribution in [0.3, 0.4) is 0 Å². The zero-order valence-corrected chi connectivity index (χ0v) is 27.8. The maximum Gasteiger partial charge on any atom is 1.00 e. The van der Waals surface area contributed by atoms with Crippen molar-refractivity contribution in [2.24, 2.45) is 0 Å². The van der Waals surface area contributed by atoms with Crippen LogP contribution in [0.2, 0.25) is 0 Å². The van der Waals surface area contributed by atoms with E-state index in [2.05, 4.69) is 158 Å². The van der Waals surface area contributed by atoms with Crippen molar-refractivity contribution in [1.82, 2.24) is 14.1 Å². The van der Waals surface area contributed by atoms with Crippen molar-refractivity contribution >= 4 is 61.3 Å². The Morgan fingerprint density at radius 3 is 1.41 bits per heavy atom. The third kappa shape index (κ3) is 5.15. The molecule has 0 aliphatic carbocycles. The largest absolute Gasteiger partial charge is 1.00 e. The summed E-state index contributed by atoms with van der Waals surface area (Å²) in [6, 6.07) is 44.3. The SMILES string of the molecule is Cc1cc(C)c([N+]2=C=[N+](c3c(C)cccc3C)c3cc4ccccc4cc32)c(C)c1.[Au+].c1ccc2c(c1)[n-]c1ccccc12. The van der Waals surface area contributed by atoms with E-state index in [4.69, 9.17) is 0 Å². The molecule has 8 rings (SSSR count). The smallest absolute Gasteiger partial charge is 0.657 e. The van der Waals surface area contributed by atoms with Crippen LogP contribution >= 0.6 is 0 Å². The van der Waals surface area contributed by atoms with E-state index < -0.39 is 0 Å². The molecule has 1 aromatic heterocycles. The number of para-hydroxylation sites is 3. The molecular formula is C40H34AuN3+2. The van der Waals surface area contributed by atoms with Crippen LogP contribution in [0.1, 0.15) is 27.8 Å². The van der Waals surface area contributed by atoms with Crippen molar-refractivity contribution < 1.29 is 22.4 Å². The minimum absolute atomic E-state index is 0. The van der Waals surface area contributed by atoms with Crippen molar-refractivity contribution in [3.05, 3.63) is 143 Å². The molecule has 0 unspecified atom stereocenters. The topological polar surface area (TPSA) is 20.1 Å². The molecular weight excluding hydrogens is 719 g/mol. The molecule has 1 aliphatic rings. The molecule has 0 saturated heterocycles. The normalized spacial score (nSPS) is 11.9. The standard InChI is InChI=1S/C28H26N2.C12H8N.Au/c1-18-13-21(4)28(22(5)14-18)30-17-29(27-19(2)9-8-10-20(27)3)25-15-23-11-6-7-12-24(23)16-26(25)30;1-3-7-11-9(5-1)10-6-2-4-8-12(10)13-11;/h6-16H,1-5H3;1-8H;/q+2;-1;+1. The van der Waals surface area contributed by atoms with Gasteiger partial charge in [-0.2, -0.15) is 0 Å². The minimum Gasteiger partial charge on any atom is -0.657 e. The summed E-state index contributed by atoms with van der Waals surface area (Å²) >= 11 is 0. The predicted molar refractivity (Wildman–Crippen MR) is 183 cm³/mol. The Morgan fingerprint density at radius 1 is 0.477 bits per heavy atom. The molecule has 0 radical (unpaired) electrons. The summed E-state index contributed by atoms with van der Waals surface area (Å²) in [5.74, 6) is 0. The van der Waals surface area contributed by atoms with Crippen LogP contribution < -0.4 is 14.1 Å². The van der Waals surface area contributed by atoms with E-state index in [0.717, 1.165) is 11.0 Å². The second-order valence-electron chi connectivity index (χ2n) is 11.6. The molecule has 0 saturated carbocycles. The number of aryl methyl sites for hydroxylation is 5. The number of hydrogen-bond acceptors (Lipinski definition) is 0. The molecule has 0 amide bonds. The molecule has 2 heterocycles. The molecule has 0 atom stereocenters. The Kier molecular flexibility index (Phi) is 7.98. The van der Waals surface area contributed by atoms with Gasteiger partial charge in [-0.15, -0.1) is 11.0 Å². The molecule has 0 fully saturated rings. The molecule has 0 spiro atoms. The predicted octanol–water partition coefficient (Wildman–Crippen LogP) is 10.2. The maximum absolute atomic E-state index is 4.52. The first-order chi connectivity index (χ1) is 20.9. The van der Waals surface area contributed by atoms with E-state index in [1.165, 1.54) is 72.1 Å². The van der Waals surface area contributed by atoms with Gasteiger partial charge in [0.25, 0.3) is 11.4 Å². The fourth-order valence-corrected chi connectivity index (χ4v) is 6.53. The van der Waals surface area contributed by atoms with E-state index >= 15 is 0 Å². The molecule has 1 aliphatic heterocycles. The van der Waals surface area contributed by atoms with Crippen LogP contribution in [0.15, 0.2) is 115 Å². The zero-order valence-electron chi connectivity index (χ0n) is 25.6. The molecule has 3 nitrogen and oxygen atoms in total. The average Bonchev–Trinajstić information content (AvgIpc) is 3.54. The second kappa shape index (κ2) is 11.9. The fraction of sp³-hybridized carbons (Fsp3) is 0.125. The van der Waals surface area contributed by atoms with Crippen molar-refractivity contribution in [2.75, 3.05) is 0 Å². The molecule has 6 aromatic carbocycles. The molecule has 218 valence electrons. The van der Waals surface area contributed by atoms with E-state index in [0.29, 0.717) is 0 Å². The van der Waals surface area contributed by atoms with Gasteiger partial charge in [-0.1, -0.05) is 96.6 Å². The minimum atomic E-state index is 0. The number of fused-ring (bicyclic) bond motifs is 5. The van der Waals surface area contributed by atoms with Crippen LogP contribution in [0.5, 0.6) is 0 Å². The van der Waals surface area contributed by atoms with Gasteiger partial charge in [0.1, 0.15) is 0 Å². The number of aromatic nitrogens is 1. The first kappa shape index (κ1) is 29.6. The number of benzene rings is 6. The first-order valence-electron chi connectivity index (χ1n) is 14.8. The summed E-state index contributed by atoms with van der Waals surface area (Å²) in [5.41, 5.74) is 13.3. The van der Waals surface area contributed by atoms with Crippen molar-refractivity contribution in [3.8, 4) is 0 Å². The molecule has 44 heavy (non-hydrogen) atoms. The summed E-state index contributed by atoms with van der Waals surface area (Å²) in [4.78, 5) is 4.52. The molecule has 0 N–H and O–H groups in total. The Labute approximate surface area is 274 Å². The average molecular weight is 754 g/mol. The summed E-state index contributed by atoms with van der Waals surface area (Å²) < 4.78 is 4.49. The van der Waals surface area contributed by atoms with Gasteiger partial charge in [0, 0.05) is 34.4 Å². The Balaban J connectivity index is 0.000000204. The van der Waals surface area contributed by atoms with Gasteiger partial charge in [0.15, 0.2) is 0 Å². The molecule has 4 heteroatoms. The monoisotopic (exact) mass is 753 g/mol. The van der Waals surface area contributed by atoms with Crippen molar-refractivity contribution in [2.45, 2.75) is 34.6 Å². The third-order valence-corrected chi connectivity index (χ3v) is 8.39. The Morgan fingerprint density at radius 2 is 0.909 bits per heavy atom. The Hall–Kier alpha value is -4.50. The first-order valence-corrected chi connectivity index (χ1v) is 14.8. The van der Waals surface area contributed by atoms with E-state index in [1.807, 2.05) is 12.1 Å². The second-order valence-corrected chi connectivity index (χ2v) is 11.6. The van der Waals surface area contributed by atoms with Gasteiger partial charge in [-0.25, -0.2) is 0 Å². The van der Waals surface area contributed by atoms with Crippen LogP contribution in [0.25, 0.3) is 32.6 Å². The Bertz CT molecular complexity index is 2190. The summed E-state index contributed by atoms with van der Waals surface area (Å²) in [7, 11) is 0. The van der Waals surface area contributed by atoms with E-state index in [-0.39, 0.29) is 22.4 Å². The summed E-state index contributed by atoms with van der Waals surface area (Å²) in [6.45, 7) is 10.9. The quantitative estimate of drug-likeness (QED) is 0.127. The number of rotatable bonds is 2. The maximum atomic E-state index is 4.52. The molecule has 7 aromatic rings. The van der Waals surface area contributed by atoms with Gasteiger partial charge in [-0.05, 0) is 77.4 Å². The van der Waals surface area contributed by atoms with Gasteiger partial charge in [0.2, 0.25) is 11.4 Å². The van der Waals surface area contributed by atoms with Crippen LogP contribution in [0.4, 0.5) is 22.7 Å². The van der Waals surface area contributed by atoms with Crippen LogP contribution in [-0.2, 0) is 22.4 Å². The van der Waals surface area contributed by atoms with Crippen LogP contribution in [-0.4, -0.2) is 6.01 Å². The zero-order chi connectivity index (χ0) is 29.7. The number of nitrogens with zero attached hydrogens (tertiary/aromatic N) is 3. The van der Waals surface area contributed by atoms with Gasteiger partial charge in [-0.3, -0.25) is 0 Å². The molecule has 0 bridgehead atoms. The summed E-state index contributed by atoms with van der Waals surface area (Å²) in [6.07, 6.45) is 0.